The molecule has 1 heterocycles. The van der Waals surface area contributed by atoms with Crippen LogP contribution in [0.5, 0.6) is 5.75 Å². The van der Waals surface area contributed by atoms with Crippen molar-refractivity contribution in [3.05, 3.63) is 53.1 Å². The fourth-order valence-corrected chi connectivity index (χ4v) is 4.53. The number of rotatable bonds is 6. The first kappa shape index (κ1) is 21.8. The highest BCUT2D eigenvalue weighted by atomic mass is 32.2. The lowest BCUT2D eigenvalue weighted by molar-refractivity contribution is 0.0730. The van der Waals surface area contributed by atoms with E-state index in [0.29, 0.717) is 24.5 Å². The van der Waals surface area contributed by atoms with Gasteiger partial charge in [-0.1, -0.05) is 6.07 Å². The number of benzene rings is 2. The fraction of sp³-hybridized carbons (Fsp3) is 0.300. The zero-order valence-corrected chi connectivity index (χ0v) is 17.5. The van der Waals surface area contributed by atoms with Crippen LogP contribution in [0.15, 0.2) is 41.3 Å². The number of ether oxygens (including phenoxy) is 2. The summed E-state index contributed by atoms with van der Waals surface area (Å²) in [5.41, 5.74) is 6.54. The Balaban J connectivity index is 1.93. The molecule has 2 aromatic rings. The molecule has 3 N–H and O–H groups in total. The highest BCUT2D eigenvalue weighted by Gasteiger charge is 2.27. The number of hydrogen-bond acceptors (Lipinski definition) is 6. The maximum Gasteiger partial charge on any atom is 0.256 e. The molecule has 0 atom stereocenters. The van der Waals surface area contributed by atoms with Crippen LogP contribution in [0.1, 0.15) is 26.3 Å². The Morgan fingerprint density at radius 3 is 2.47 bits per heavy atom. The lowest BCUT2D eigenvalue weighted by Gasteiger charge is -2.26. The first-order valence-corrected chi connectivity index (χ1v) is 10.7. The van der Waals surface area contributed by atoms with Crippen molar-refractivity contribution in [3.8, 4) is 5.75 Å². The minimum absolute atomic E-state index is 0.0259. The predicted octanol–water partition coefficient (Wildman–Crippen LogP) is 1.38. The van der Waals surface area contributed by atoms with Gasteiger partial charge in [-0.25, -0.2) is 8.42 Å². The zero-order valence-electron chi connectivity index (χ0n) is 16.7. The van der Waals surface area contributed by atoms with Crippen molar-refractivity contribution in [1.82, 2.24) is 4.31 Å². The predicted molar refractivity (Wildman–Crippen MR) is 110 cm³/mol. The number of morpholine rings is 1. The van der Waals surface area contributed by atoms with E-state index in [0.717, 1.165) is 0 Å². The summed E-state index contributed by atoms with van der Waals surface area (Å²) in [6.45, 7) is 2.88. The number of nitrogens with two attached hydrogens (primary N) is 1. The van der Waals surface area contributed by atoms with E-state index in [9.17, 15) is 18.0 Å². The first-order valence-electron chi connectivity index (χ1n) is 9.22. The highest BCUT2D eigenvalue weighted by Crippen LogP contribution is 2.27. The van der Waals surface area contributed by atoms with E-state index < -0.39 is 21.8 Å². The van der Waals surface area contributed by atoms with Gasteiger partial charge in [-0.15, -0.1) is 0 Å². The molecule has 9 nitrogen and oxygen atoms in total. The van der Waals surface area contributed by atoms with Gasteiger partial charge in [0, 0.05) is 24.2 Å². The molecule has 0 radical (unpaired) electrons. The largest absolute Gasteiger partial charge is 0.495 e. The van der Waals surface area contributed by atoms with Gasteiger partial charge in [0.2, 0.25) is 15.9 Å². The van der Waals surface area contributed by atoms with Gasteiger partial charge in [0.15, 0.2) is 0 Å². The number of amides is 2. The van der Waals surface area contributed by atoms with E-state index in [4.69, 9.17) is 15.2 Å². The van der Waals surface area contributed by atoms with Crippen LogP contribution in [0.4, 0.5) is 5.69 Å². The minimum atomic E-state index is -3.75. The van der Waals surface area contributed by atoms with Gasteiger partial charge in [0.25, 0.3) is 5.91 Å². The van der Waals surface area contributed by atoms with Gasteiger partial charge in [-0.05, 0) is 42.8 Å². The summed E-state index contributed by atoms with van der Waals surface area (Å²) in [6, 6.07) is 8.81. The number of sulfonamides is 1. The lowest BCUT2D eigenvalue weighted by atomic mass is 10.1. The van der Waals surface area contributed by atoms with Crippen LogP contribution in [0.3, 0.4) is 0 Å². The summed E-state index contributed by atoms with van der Waals surface area (Å²) in [5.74, 6) is -0.850. The molecule has 0 aliphatic carbocycles. The second-order valence-electron chi connectivity index (χ2n) is 6.73. The maximum atomic E-state index is 12.9. The van der Waals surface area contributed by atoms with E-state index in [1.54, 1.807) is 13.0 Å². The molecule has 160 valence electrons. The third-order valence-corrected chi connectivity index (χ3v) is 6.69. The van der Waals surface area contributed by atoms with Gasteiger partial charge in [0.1, 0.15) is 5.75 Å². The number of aryl methyl sites for hydroxylation is 1. The second-order valence-corrected chi connectivity index (χ2v) is 8.66. The Morgan fingerprint density at radius 1 is 1.13 bits per heavy atom. The van der Waals surface area contributed by atoms with Crippen LogP contribution >= 0.6 is 0 Å². The zero-order chi connectivity index (χ0) is 21.9. The molecular weight excluding hydrogens is 410 g/mol. The van der Waals surface area contributed by atoms with Crippen molar-refractivity contribution in [2.45, 2.75) is 11.8 Å². The summed E-state index contributed by atoms with van der Waals surface area (Å²) in [5, 5.41) is 2.67. The molecule has 0 saturated carbocycles. The summed E-state index contributed by atoms with van der Waals surface area (Å²) < 4.78 is 37.6. The molecule has 10 heteroatoms. The van der Waals surface area contributed by atoms with Gasteiger partial charge < -0.3 is 20.5 Å². The van der Waals surface area contributed by atoms with Gasteiger partial charge in [-0.2, -0.15) is 4.31 Å². The number of nitrogens with zero attached hydrogens (tertiary/aromatic N) is 1. The molecule has 2 amide bonds. The number of carbonyl (C=O) groups is 2. The smallest absolute Gasteiger partial charge is 0.256 e. The molecule has 30 heavy (non-hydrogen) atoms. The Hall–Kier alpha value is -2.95. The molecule has 0 unspecified atom stereocenters. The SMILES string of the molecule is COc1ccc(C(N)=O)cc1NC(=O)c1cc(S(=O)(=O)N2CCOCC2)ccc1C. The fourth-order valence-electron chi connectivity index (χ4n) is 3.09. The Labute approximate surface area is 174 Å². The second kappa shape index (κ2) is 8.82. The van der Waals surface area contributed by atoms with Crippen molar-refractivity contribution < 1.29 is 27.5 Å². The third-order valence-electron chi connectivity index (χ3n) is 4.79. The molecule has 0 bridgehead atoms. The monoisotopic (exact) mass is 433 g/mol. The molecule has 1 saturated heterocycles. The van der Waals surface area contributed by atoms with Crippen LogP contribution in [0.25, 0.3) is 0 Å². The van der Waals surface area contributed by atoms with E-state index in [1.165, 1.54) is 41.7 Å². The standard InChI is InChI=1S/C20H23N3O6S/c1-13-3-5-15(30(26,27)23-7-9-29-10-8-23)12-16(13)20(25)22-17-11-14(19(21)24)4-6-18(17)28-2/h3-6,11-12H,7-10H2,1-2H3,(H2,21,24)(H,22,25). The van der Waals surface area contributed by atoms with Crippen LogP contribution < -0.4 is 15.8 Å². The molecule has 2 aromatic carbocycles. The Kier molecular flexibility index (Phi) is 6.40. The van der Waals surface area contributed by atoms with E-state index in [1.807, 2.05) is 0 Å². The molecule has 1 fully saturated rings. The number of nitrogens with one attached hydrogen (secondary N) is 1. The van der Waals surface area contributed by atoms with Crippen molar-refractivity contribution >= 4 is 27.5 Å². The number of hydrogen-bond donors (Lipinski definition) is 2. The van der Waals surface area contributed by atoms with Gasteiger partial charge in [-0.3, -0.25) is 9.59 Å². The van der Waals surface area contributed by atoms with Crippen LogP contribution in [0, 0.1) is 6.92 Å². The molecule has 1 aliphatic heterocycles. The van der Waals surface area contributed by atoms with Crippen molar-refractivity contribution in [1.29, 1.82) is 0 Å². The first-order chi connectivity index (χ1) is 14.2. The normalized spacial score (nSPS) is 14.9. The maximum absolute atomic E-state index is 12.9. The van der Waals surface area contributed by atoms with Crippen LogP contribution in [-0.4, -0.2) is 58.0 Å². The molecule has 3 rings (SSSR count). The van der Waals surface area contributed by atoms with E-state index in [-0.39, 0.29) is 34.8 Å². The number of anilines is 1. The summed E-state index contributed by atoms with van der Waals surface area (Å²) in [4.78, 5) is 24.4. The number of methoxy groups -OCH3 is 1. The minimum Gasteiger partial charge on any atom is -0.495 e. The van der Waals surface area contributed by atoms with Crippen molar-refractivity contribution in [2.24, 2.45) is 5.73 Å². The number of carbonyl (C=O) groups excluding carboxylic acids is 2. The van der Waals surface area contributed by atoms with Crippen molar-refractivity contribution in [3.63, 3.8) is 0 Å². The van der Waals surface area contributed by atoms with Gasteiger partial charge >= 0.3 is 0 Å². The molecule has 0 spiro atoms. The Morgan fingerprint density at radius 2 is 1.83 bits per heavy atom. The van der Waals surface area contributed by atoms with Crippen LogP contribution in [0.2, 0.25) is 0 Å². The average molecular weight is 433 g/mol. The molecular formula is C20H23N3O6S. The van der Waals surface area contributed by atoms with E-state index >= 15 is 0 Å². The van der Waals surface area contributed by atoms with Crippen molar-refractivity contribution in [2.75, 3.05) is 38.7 Å². The Bertz CT molecular complexity index is 1080. The topological polar surface area (TPSA) is 128 Å². The quantitative estimate of drug-likeness (QED) is 0.708. The average Bonchev–Trinajstić information content (AvgIpc) is 2.74. The lowest BCUT2D eigenvalue weighted by Crippen LogP contribution is -2.40. The summed E-state index contributed by atoms with van der Waals surface area (Å²) >= 11 is 0. The molecule has 0 aromatic heterocycles. The third kappa shape index (κ3) is 4.45. The van der Waals surface area contributed by atoms with Crippen LogP contribution in [-0.2, 0) is 14.8 Å². The molecule has 1 aliphatic rings. The summed E-state index contributed by atoms with van der Waals surface area (Å²) in [7, 11) is -2.32. The van der Waals surface area contributed by atoms with E-state index in [2.05, 4.69) is 5.32 Å². The highest BCUT2D eigenvalue weighted by molar-refractivity contribution is 7.89. The van der Waals surface area contributed by atoms with Gasteiger partial charge in [0.05, 0.1) is 30.9 Å². The number of primary amides is 1. The summed E-state index contributed by atoms with van der Waals surface area (Å²) in [6.07, 6.45) is 0.